The molecule has 0 aliphatic heterocycles. The summed E-state index contributed by atoms with van der Waals surface area (Å²) in [6.45, 7) is 4.44. The smallest absolute Gasteiger partial charge is 0.313 e. The van der Waals surface area contributed by atoms with Gasteiger partial charge in [0.15, 0.2) is 0 Å². The first-order valence-electron chi connectivity index (χ1n) is 9.20. The molecule has 0 aliphatic rings. The number of nitrogens with one attached hydrogen (secondary N) is 1. The lowest BCUT2D eigenvalue weighted by Gasteiger charge is -2.30. The Hall–Kier alpha value is -0.910. The molecule has 0 spiro atoms. The molecule has 4 N–H and O–H groups in total. The third-order valence-electron chi connectivity index (χ3n) is 4.53. The number of hydrogen-bond donors (Lipinski definition) is 4. The summed E-state index contributed by atoms with van der Waals surface area (Å²) < 4.78 is 15.5. The number of hydrogen-bond acceptors (Lipinski definition) is 9. The maximum atomic E-state index is 12.1. The minimum absolute atomic E-state index is 0.0647. The minimum Gasteiger partial charge on any atom is -0.469 e. The molecule has 2 atom stereocenters. The molecule has 0 aromatic rings. The number of carbonyl (C=O) groups is 2. The van der Waals surface area contributed by atoms with Crippen LogP contribution in [0.1, 0.15) is 27.2 Å². The molecule has 10 heteroatoms. The van der Waals surface area contributed by atoms with Crippen LogP contribution >= 0.6 is 11.8 Å². The van der Waals surface area contributed by atoms with Crippen molar-refractivity contribution in [2.75, 3.05) is 58.4 Å². The van der Waals surface area contributed by atoms with Crippen molar-refractivity contribution in [2.45, 2.75) is 32.7 Å². The number of rotatable bonds is 16. The molecule has 0 aromatic carbocycles. The van der Waals surface area contributed by atoms with E-state index in [0.29, 0.717) is 24.5 Å². The van der Waals surface area contributed by atoms with Gasteiger partial charge in [0.05, 0.1) is 45.6 Å². The van der Waals surface area contributed by atoms with Gasteiger partial charge in [-0.25, -0.2) is 0 Å². The summed E-state index contributed by atoms with van der Waals surface area (Å²) in [5, 5.41) is 30.2. The van der Waals surface area contributed by atoms with Crippen LogP contribution in [0.4, 0.5) is 0 Å². The van der Waals surface area contributed by atoms with Gasteiger partial charge in [-0.15, -0.1) is 0 Å². The maximum absolute atomic E-state index is 12.1. The van der Waals surface area contributed by atoms with Gasteiger partial charge in [0.2, 0.25) is 5.91 Å². The molecule has 0 heterocycles. The van der Waals surface area contributed by atoms with Crippen molar-refractivity contribution in [1.29, 1.82) is 0 Å². The number of amides is 1. The van der Waals surface area contributed by atoms with E-state index in [-0.39, 0.29) is 31.2 Å². The Labute approximate surface area is 171 Å². The second kappa shape index (κ2) is 14.1. The van der Waals surface area contributed by atoms with Crippen molar-refractivity contribution >= 4 is 23.6 Å². The van der Waals surface area contributed by atoms with Gasteiger partial charge in [-0.3, -0.25) is 9.59 Å². The monoisotopic (exact) mass is 425 g/mol. The summed E-state index contributed by atoms with van der Waals surface area (Å²) in [5.41, 5.74) is -2.10. The predicted octanol–water partition coefficient (Wildman–Crippen LogP) is -0.232. The van der Waals surface area contributed by atoms with Crippen molar-refractivity contribution in [1.82, 2.24) is 5.32 Å². The Balaban J connectivity index is 3.96. The van der Waals surface area contributed by atoms with Crippen LogP contribution in [-0.2, 0) is 23.8 Å². The van der Waals surface area contributed by atoms with Crippen LogP contribution in [0.3, 0.4) is 0 Å². The van der Waals surface area contributed by atoms with Gasteiger partial charge in [0.25, 0.3) is 0 Å². The highest BCUT2D eigenvalue weighted by Crippen LogP contribution is 2.23. The molecule has 0 rings (SSSR count). The lowest BCUT2D eigenvalue weighted by Crippen LogP contribution is -2.58. The second-order valence-electron chi connectivity index (χ2n) is 7.00. The Morgan fingerprint density at radius 3 is 2.25 bits per heavy atom. The highest BCUT2D eigenvalue weighted by atomic mass is 32.2. The van der Waals surface area contributed by atoms with E-state index in [2.05, 4.69) is 5.32 Å². The lowest BCUT2D eigenvalue weighted by molar-refractivity contribution is -0.159. The summed E-state index contributed by atoms with van der Waals surface area (Å²) in [7, 11) is 1.35. The average molecular weight is 426 g/mol. The summed E-state index contributed by atoms with van der Waals surface area (Å²) in [4.78, 5) is 23.8. The zero-order chi connectivity index (χ0) is 21.6. The van der Waals surface area contributed by atoms with Crippen LogP contribution in [0.25, 0.3) is 0 Å². The van der Waals surface area contributed by atoms with Gasteiger partial charge >= 0.3 is 5.97 Å². The first-order chi connectivity index (χ1) is 13.2. The highest BCUT2D eigenvalue weighted by Gasteiger charge is 2.33. The van der Waals surface area contributed by atoms with E-state index in [4.69, 9.17) is 14.2 Å². The minimum atomic E-state index is -1.41. The van der Waals surface area contributed by atoms with E-state index in [0.717, 1.165) is 0 Å². The molecule has 0 bridgehead atoms. The van der Waals surface area contributed by atoms with Gasteiger partial charge in [-0.1, -0.05) is 13.8 Å². The maximum Gasteiger partial charge on any atom is 0.313 e. The molecule has 28 heavy (non-hydrogen) atoms. The number of esters is 1. The average Bonchev–Trinajstić information content (AvgIpc) is 2.72. The van der Waals surface area contributed by atoms with Crippen molar-refractivity contribution < 1.29 is 39.1 Å². The fourth-order valence-corrected chi connectivity index (χ4v) is 2.95. The van der Waals surface area contributed by atoms with Crippen LogP contribution < -0.4 is 5.32 Å². The Kier molecular flexibility index (Phi) is 13.7. The third kappa shape index (κ3) is 9.06. The van der Waals surface area contributed by atoms with E-state index >= 15 is 0 Å². The molecule has 2 unspecified atom stereocenters. The van der Waals surface area contributed by atoms with E-state index in [1.165, 1.54) is 18.9 Å². The van der Waals surface area contributed by atoms with Crippen molar-refractivity contribution in [2.24, 2.45) is 11.3 Å². The SMILES string of the molecule is CCC(C)(COCOCCSCC(C)C(=O)NC(CO)(CO)CO)C(=O)OC. The number of aliphatic hydroxyl groups excluding tert-OH is 3. The summed E-state index contributed by atoms with van der Waals surface area (Å²) in [6.07, 6.45) is 0.597. The van der Waals surface area contributed by atoms with Crippen LogP contribution in [0, 0.1) is 11.3 Å². The zero-order valence-electron chi connectivity index (χ0n) is 17.2. The van der Waals surface area contributed by atoms with Crippen LogP contribution in [0.15, 0.2) is 0 Å². The molecular weight excluding hydrogens is 390 g/mol. The first-order valence-corrected chi connectivity index (χ1v) is 10.4. The largest absolute Gasteiger partial charge is 0.469 e. The van der Waals surface area contributed by atoms with Crippen LogP contribution in [-0.4, -0.2) is 91.2 Å². The number of aliphatic hydroxyl groups is 3. The Bertz CT molecular complexity index is 453. The molecule has 0 aromatic heterocycles. The third-order valence-corrected chi connectivity index (χ3v) is 5.72. The molecular formula is C18H35NO8S. The van der Waals surface area contributed by atoms with Crippen molar-refractivity contribution in [3.8, 4) is 0 Å². The molecule has 0 fully saturated rings. The number of methoxy groups -OCH3 is 1. The standard InChI is InChI=1S/C18H35NO8S/c1-5-17(3,16(24)25-4)12-27-13-26-6-7-28-8-14(2)15(23)19-18(9-20,10-21)11-22/h14,20-22H,5-13H2,1-4H3,(H,19,23). The summed E-state index contributed by atoms with van der Waals surface area (Å²) in [6, 6.07) is 0. The molecule has 1 amide bonds. The quantitative estimate of drug-likeness (QED) is 0.150. The fourth-order valence-electron chi connectivity index (χ4n) is 2.04. The topological polar surface area (TPSA) is 135 Å². The molecule has 0 saturated carbocycles. The van der Waals surface area contributed by atoms with Gasteiger partial charge in [0.1, 0.15) is 12.3 Å². The zero-order valence-corrected chi connectivity index (χ0v) is 18.0. The van der Waals surface area contributed by atoms with E-state index < -0.39 is 30.8 Å². The molecule has 0 radical (unpaired) electrons. The normalized spacial score (nSPS) is 15.0. The molecule has 0 aliphatic carbocycles. The van der Waals surface area contributed by atoms with Crippen molar-refractivity contribution in [3.63, 3.8) is 0 Å². The van der Waals surface area contributed by atoms with Crippen LogP contribution in [0.2, 0.25) is 0 Å². The molecule has 9 nitrogen and oxygen atoms in total. The summed E-state index contributed by atoms with van der Waals surface area (Å²) >= 11 is 1.51. The Morgan fingerprint density at radius 1 is 1.14 bits per heavy atom. The fraction of sp³-hybridized carbons (Fsp3) is 0.889. The highest BCUT2D eigenvalue weighted by molar-refractivity contribution is 7.99. The molecule has 166 valence electrons. The second-order valence-corrected chi connectivity index (χ2v) is 8.15. The van der Waals surface area contributed by atoms with Gasteiger partial charge in [-0.2, -0.15) is 11.8 Å². The molecule has 0 saturated heterocycles. The van der Waals surface area contributed by atoms with Gasteiger partial charge in [-0.05, 0) is 13.3 Å². The number of carbonyl (C=O) groups excluding carboxylic acids is 2. The predicted molar refractivity (Wildman–Crippen MR) is 106 cm³/mol. The van der Waals surface area contributed by atoms with Gasteiger partial charge in [0, 0.05) is 17.4 Å². The Morgan fingerprint density at radius 2 is 1.75 bits per heavy atom. The number of thioether (sulfide) groups is 1. The first kappa shape index (κ1) is 27.1. The van der Waals surface area contributed by atoms with Crippen LogP contribution in [0.5, 0.6) is 0 Å². The van der Waals surface area contributed by atoms with E-state index in [1.807, 2.05) is 6.92 Å². The van der Waals surface area contributed by atoms with Gasteiger partial charge < -0.3 is 34.8 Å². The van der Waals surface area contributed by atoms with E-state index in [1.54, 1.807) is 13.8 Å². The lowest BCUT2D eigenvalue weighted by atomic mass is 9.89. The number of ether oxygens (including phenoxy) is 3. The summed E-state index contributed by atoms with van der Waals surface area (Å²) in [5.74, 6) is 0.135. The van der Waals surface area contributed by atoms with Crippen molar-refractivity contribution in [3.05, 3.63) is 0 Å². The van der Waals surface area contributed by atoms with E-state index in [9.17, 15) is 24.9 Å².